The van der Waals surface area contributed by atoms with Gasteiger partial charge in [0.15, 0.2) is 0 Å². The van der Waals surface area contributed by atoms with E-state index in [1.165, 1.54) is 0 Å². The van der Waals surface area contributed by atoms with Gasteiger partial charge >= 0.3 is 5.97 Å². The smallest absolute Gasteiger partial charge is 0.306 e. The summed E-state index contributed by atoms with van der Waals surface area (Å²) in [5.41, 5.74) is 0. The predicted molar refractivity (Wildman–Crippen MR) is 67.4 cm³/mol. The number of hydrogen-bond donors (Lipinski definition) is 0. The quantitative estimate of drug-likeness (QED) is 0.732. The van der Waals surface area contributed by atoms with Crippen molar-refractivity contribution in [3.63, 3.8) is 0 Å². The van der Waals surface area contributed by atoms with Crippen LogP contribution in [0.25, 0.3) is 0 Å². The van der Waals surface area contributed by atoms with E-state index in [1.54, 1.807) is 19.1 Å². The van der Waals surface area contributed by atoms with Gasteiger partial charge in [-0.3, -0.25) is 4.79 Å². The molecule has 0 heterocycles. The molecule has 0 aliphatic rings. The lowest BCUT2D eigenvalue weighted by molar-refractivity contribution is -0.149. The zero-order valence-corrected chi connectivity index (χ0v) is 10.9. The zero-order valence-electron chi connectivity index (χ0n) is 10.1. The number of ether oxygens (including phenoxy) is 2. The first kappa shape index (κ1) is 13.8. The second kappa shape index (κ2) is 7.17. The molecule has 1 aromatic carbocycles. The minimum atomic E-state index is -0.273. The number of esters is 1. The van der Waals surface area contributed by atoms with E-state index in [1.807, 2.05) is 19.1 Å². The minimum absolute atomic E-state index is 0.192. The van der Waals surface area contributed by atoms with Gasteiger partial charge in [-0.25, -0.2) is 0 Å². The zero-order chi connectivity index (χ0) is 12.7. The Morgan fingerprint density at radius 1 is 1.41 bits per heavy atom. The van der Waals surface area contributed by atoms with Crippen LogP contribution in [0.4, 0.5) is 0 Å². The monoisotopic (exact) mass is 256 g/mol. The normalized spacial score (nSPS) is 11.9. The van der Waals surface area contributed by atoms with Crippen LogP contribution < -0.4 is 4.74 Å². The van der Waals surface area contributed by atoms with Gasteiger partial charge in [-0.2, -0.15) is 0 Å². The Morgan fingerprint density at radius 2 is 2.12 bits per heavy atom. The van der Waals surface area contributed by atoms with Crippen molar-refractivity contribution in [1.29, 1.82) is 0 Å². The van der Waals surface area contributed by atoms with Crippen molar-refractivity contribution in [1.82, 2.24) is 0 Å². The molecule has 1 aromatic rings. The molecule has 1 atom stereocenters. The number of rotatable bonds is 6. The summed E-state index contributed by atoms with van der Waals surface area (Å²) in [7, 11) is 0. The molecule has 4 heteroatoms. The molecule has 0 radical (unpaired) electrons. The average Bonchev–Trinajstić information content (AvgIpc) is 2.28. The lowest BCUT2D eigenvalue weighted by atomic mass is 10.3. The molecule has 94 valence electrons. The van der Waals surface area contributed by atoms with Gasteiger partial charge in [0.05, 0.1) is 5.02 Å². The molecule has 1 rings (SSSR count). The van der Waals surface area contributed by atoms with Crippen molar-refractivity contribution in [3.8, 4) is 5.75 Å². The standard InChI is InChI=1S/C13H17ClO3/c1-3-6-13(15)17-10(2)9-16-12-8-5-4-7-11(12)14/h4-5,7-8,10H,3,6,9H2,1-2H3/t10-/m1/s1. The van der Waals surface area contributed by atoms with Crippen molar-refractivity contribution in [2.45, 2.75) is 32.8 Å². The summed E-state index contributed by atoms with van der Waals surface area (Å²) < 4.78 is 10.6. The van der Waals surface area contributed by atoms with Gasteiger partial charge in [-0.1, -0.05) is 30.7 Å². The molecule has 0 saturated carbocycles. The highest BCUT2D eigenvalue weighted by atomic mass is 35.5. The molecule has 0 fully saturated rings. The summed E-state index contributed by atoms with van der Waals surface area (Å²) in [6.07, 6.45) is 0.957. The Labute approximate surface area is 107 Å². The maximum absolute atomic E-state index is 11.2. The summed E-state index contributed by atoms with van der Waals surface area (Å²) in [5, 5.41) is 0.555. The third kappa shape index (κ3) is 5.09. The Hall–Kier alpha value is -1.22. The maximum Gasteiger partial charge on any atom is 0.306 e. The molecule has 0 saturated heterocycles. The molecule has 0 unspecified atom stereocenters. The van der Waals surface area contributed by atoms with Crippen LogP contribution in [0, 0.1) is 0 Å². The van der Waals surface area contributed by atoms with Crippen molar-refractivity contribution in [2.75, 3.05) is 6.61 Å². The van der Waals surface area contributed by atoms with E-state index in [9.17, 15) is 4.79 Å². The Bertz CT molecular complexity index is 365. The van der Waals surface area contributed by atoms with Crippen LogP contribution in [0.3, 0.4) is 0 Å². The van der Waals surface area contributed by atoms with Crippen LogP contribution >= 0.6 is 11.6 Å². The highest BCUT2D eigenvalue weighted by molar-refractivity contribution is 6.32. The number of hydrogen-bond acceptors (Lipinski definition) is 3. The van der Waals surface area contributed by atoms with Crippen LogP contribution in [-0.2, 0) is 9.53 Å². The summed E-state index contributed by atoms with van der Waals surface area (Å²) in [6, 6.07) is 7.21. The second-order valence-corrected chi connectivity index (χ2v) is 4.20. The molecule has 0 aliphatic carbocycles. The van der Waals surface area contributed by atoms with Gasteiger partial charge in [0.25, 0.3) is 0 Å². The fourth-order valence-electron chi connectivity index (χ4n) is 1.29. The Balaban J connectivity index is 2.35. The van der Waals surface area contributed by atoms with Crippen LogP contribution in [0.15, 0.2) is 24.3 Å². The number of carbonyl (C=O) groups is 1. The topological polar surface area (TPSA) is 35.5 Å². The molecule has 0 bridgehead atoms. The van der Waals surface area contributed by atoms with Crippen molar-refractivity contribution in [2.24, 2.45) is 0 Å². The third-order valence-corrected chi connectivity index (χ3v) is 2.41. The van der Waals surface area contributed by atoms with Gasteiger partial charge in [0.1, 0.15) is 18.5 Å². The third-order valence-electron chi connectivity index (χ3n) is 2.10. The summed E-state index contributed by atoms with van der Waals surface area (Å²) >= 11 is 5.93. The molecule has 3 nitrogen and oxygen atoms in total. The van der Waals surface area contributed by atoms with E-state index in [0.29, 0.717) is 23.8 Å². The van der Waals surface area contributed by atoms with Gasteiger partial charge in [-0.05, 0) is 25.5 Å². The first-order valence-corrected chi connectivity index (χ1v) is 6.08. The van der Waals surface area contributed by atoms with E-state index >= 15 is 0 Å². The summed E-state index contributed by atoms with van der Waals surface area (Å²) in [6.45, 7) is 4.04. The fraction of sp³-hybridized carbons (Fsp3) is 0.462. The summed E-state index contributed by atoms with van der Waals surface area (Å²) in [4.78, 5) is 11.2. The first-order valence-electron chi connectivity index (χ1n) is 5.70. The molecule has 0 spiro atoms. The Kier molecular flexibility index (Phi) is 5.84. The van der Waals surface area contributed by atoms with Crippen LogP contribution in [0.5, 0.6) is 5.75 Å². The number of carbonyl (C=O) groups excluding carboxylic acids is 1. The lowest BCUT2D eigenvalue weighted by Gasteiger charge is -2.14. The molecule has 0 aliphatic heterocycles. The largest absolute Gasteiger partial charge is 0.488 e. The predicted octanol–water partition coefficient (Wildman–Crippen LogP) is 3.45. The molecular weight excluding hydrogens is 240 g/mol. The molecule has 0 N–H and O–H groups in total. The fourth-order valence-corrected chi connectivity index (χ4v) is 1.48. The van der Waals surface area contributed by atoms with Crippen molar-refractivity contribution < 1.29 is 14.3 Å². The van der Waals surface area contributed by atoms with E-state index in [4.69, 9.17) is 21.1 Å². The molecule has 0 aromatic heterocycles. The first-order chi connectivity index (χ1) is 8.13. The van der Waals surface area contributed by atoms with Crippen LogP contribution in [0.1, 0.15) is 26.7 Å². The van der Waals surface area contributed by atoms with Gasteiger partial charge in [0.2, 0.25) is 0 Å². The van der Waals surface area contributed by atoms with E-state index in [0.717, 1.165) is 6.42 Å². The van der Waals surface area contributed by atoms with Gasteiger partial charge < -0.3 is 9.47 Å². The van der Waals surface area contributed by atoms with Crippen LogP contribution in [-0.4, -0.2) is 18.7 Å². The second-order valence-electron chi connectivity index (χ2n) is 3.79. The van der Waals surface area contributed by atoms with Crippen LogP contribution in [0.2, 0.25) is 5.02 Å². The average molecular weight is 257 g/mol. The van der Waals surface area contributed by atoms with E-state index in [2.05, 4.69) is 0 Å². The summed E-state index contributed by atoms with van der Waals surface area (Å²) in [5.74, 6) is 0.412. The Morgan fingerprint density at radius 3 is 2.76 bits per heavy atom. The number of benzene rings is 1. The SMILES string of the molecule is CCCC(=O)O[C@H](C)COc1ccccc1Cl. The highest BCUT2D eigenvalue weighted by Crippen LogP contribution is 2.23. The highest BCUT2D eigenvalue weighted by Gasteiger charge is 2.10. The molecule has 0 amide bonds. The van der Waals surface area contributed by atoms with Gasteiger partial charge in [-0.15, -0.1) is 0 Å². The lowest BCUT2D eigenvalue weighted by Crippen LogP contribution is -2.21. The number of para-hydroxylation sites is 1. The maximum atomic E-state index is 11.2. The molecule has 17 heavy (non-hydrogen) atoms. The minimum Gasteiger partial charge on any atom is -0.488 e. The number of halogens is 1. The van der Waals surface area contributed by atoms with Gasteiger partial charge in [0, 0.05) is 6.42 Å². The van der Waals surface area contributed by atoms with Crippen molar-refractivity contribution >= 4 is 17.6 Å². The van der Waals surface area contributed by atoms with E-state index < -0.39 is 0 Å². The van der Waals surface area contributed by atoms with Crippen molar-refractivity contribution in [3.05, 3.63) is 29.3 Å². The molecular formula is C13H17ClO3. The van der Waals surface area contributed by atoms with E-state index in [-0.39, 0.29) is 12.1 Å².